The lowest BCUT2D eigenvalue weighted by molar-refractivity contribution is 0.0696. The van der Waals surface area contributed by atoms with E-state index in [1.54, 1.807) is 0 Å². The number of carbonyl (C=O) groups excluding carboxylic acids is 1. The molecule has 5 heteroatoms. The number of carboxylic acids is 1. The van der Waals surface area contributed by atoms with Gasteiger partial charge in [-0.3, -0.25) is 4.79 Å². The molecule has 1 aromatic carbocycles. The Labute approximate surface area is 122 Å². The van der Waals surface area contributed by atoms with E-state index in [4.69, 9.17) is 9.52 Å². The topological polar surface area (TPSA) is 79.5 Å². The second kappa shape index (κ2) is 6.26. The average molecular weight is 287 g/mol. The number of nitrogens with one attached hydrogen (secondary N) is 1. The highest BCUT2D eigenvalue weighted by Crippen LogP contribution is 2.13. The van der Waals surface area contributed by atoms with Crippen LogP contribution in [0.3, 0.4) is 0 Å². The number of amides is 1. The van der Waals surface area contributed by atoms with Gasteiger partial charge in [0.05, 0.1) is 5.56 Å². The van der Waals surface area contributed by atoms with Gasteiger partial charge in [0.15, 0.2) is 5.76 Å². The summed E-state index contributed by atoms with van der Waals surface area (Å²) >= 11 is 0. The minimum Gasteiger partial charge on any atom is -0.478 e. The Morgan fingerprint density at radius 2 is 1.90 bits per heavy atom. The van der Waals surface area contributed by atoms with Gasteiger partial charge in [0, 0.05) is 12.6 Å². The van der Waals surface area contributed by atoms with Crippen molar-refractivity contribution >= 4 is 11.9 Å². The molecule has 0 spiro atoms. The zero-order valence-electron chi connectivity index (χ0n) is 12.0. The van der Waals surface area contributed by atoms with Crippen molar-refractivity contribution in [3.8, 4) is 0 Å². The predicted octanol–water partition coefficient (Wildman–Crippen LogP) is 2.57. The maximum atomic E-state index is 11.8. The Morgan fingerprint density at radius 1 is 1.24 bits per heavy atom. The van der Waals surface area contributed by atoms with E-state index in [-0.39, 0.29) is 11.3 Å². The van der Waals surface area contributed by atoms with E-state index in [9.17, 15) is 9.59 Å². The largest absolute Gasteiger partial charge is 0.478 e. The van der Waals surface area contributed by atoms with Crippen LogP contribution in [0, 0.1) is 13.8 Å². The Morgan fingerprint density at radius 3 is 2.48 bits per heavy atom. The van der Waals surface area contributed by atoms with Crippen LogP contribution < -0.4 is 5.32 Å². The number of hydrogen-bond acceptors (Lipinski definition) is 3. The van der Waals surface area contributed by atoms with E-state index in [0.717, 1.165) is 12.7 Å². The van der Waals surface area contributed by atoms with Crippen LogP contribution in [0.25, 0.3) is 0 Å². The van der Waals surface area contributed by atoms with Gasteiger partial charge < -0.3 is 14.8 Å². The van der Waals surface area contributed by atoms with Crippen molar-refractivity contribution in [2.24, 2.45) is 0 Å². The predicted molar refractivity (Wildman–Crippen MR) is 77.6 cm³/mol. The molecule has 1 aromatic heterocycles. The van der Waals surface area contributed by atoms with Crippen LogP contribution in [0.2, 0.25) is 0 Å². The normalized spacial score (nSPS) is 10.4. The first-order valence-corrected chi connectivity index (χ1v) is 6.64. The van der Waals surface area contributed by atoms with E-state index in [1.807, 2.05) is 32.0 Å². The van der Waals surface area contributed by atoms with Crippen LogP contribution in [0.4, 0.5) is 0 Å². The van der Waals surface area contributed by atoms with Gasteiger partial charge >= 0.3 is 5.97 Å². The molecule has 0 saturated carbocycles. The number of hydrogen-bond donors (Lipinski definition) is 2. The van der Waals surface area contributed by atoms with Gasteiger partial charge in [0.1, 0.15) is 6.26 Å². The van der Waals surface area contributed by atoms with Crippen molar-refractivity contribution in [2.45, 2.75) is 20.3 Å². The summed E-state index contributed by atoms with van der Waals surface area (Å²) in [5.41, 5.74) is 3.56. The zero-order chi connectivity index (χ0) is 15.4. The minimum atomic E-state index is -1.12. The fourth-order valence-electron chi connectivity index (χ4n) is 2.20. The van der Waals surface area contributed by atoms with Crippen LogP contribution in [0.15, 0.2) is 34.9 Å². The highest BCUT2D eigenvalue weighted by molar-refractivity contribution is 5.95. The molecule has 0 aliphatic heterocycles. The molecule has 110 valence electrons. The SMILES string of the molecule is Cc1cccc(C)c1CCNC(=O)c1cc(C(=O)O)co1. The first-order valence-electron chi connectivity index (χ1n) is 6.64. The van der Waals surface area contributed by atoms with Crippen LogP contribution in [-0.2, 0) is 6.42 Å². The Balaban J connectivity index is 1.94. The molecule has 0 aliphatic rings. The van der Waals surface area contributed by atoms with E-state index in [0.29, 0.717) is 6.54 Å². The number of aromatic carboxylic acids is 1. The molecule has 2 N–H and O–H groups in total. The summed E-state index contributed by atoms with van der Waals surface area (Å²) in [7, 11) is 0. The fourth-order valence-corrected chi connectivity index (χ4v) is 2.20. The van der Waals surface area contributed by atoms with Gasteiger partial charge in [0.25, 0.3) is 5.91 Å². The maximum Gasteiger partial charge on any atom is 0.338 e. The third-order valence-electron chi connectivity index (χ3n) is 3.38. The standard InChI is InChI=1S/C16H17NO4/c1-10-4-3-5-11(2)13(10)6-7-17-15(18)14-8-12(9-21-14)16(19)20/h3-5,8-9H,6-7H2,1-2H3,(H,17,18)(H,19,20). The lowest BCUT2D eigenvalue weighted by atomic mass is 10.0. The third-order valence-corrected chi connectivity index (χ3v) is 3.38. The van der Waals surface area contributed by atoms with E-state index < -0.39 is 11.9 Å². The molecule has 0 bridgehead atoms. The molecule has 0 atom stereocenters. The third kappa shape index (κ3) is 3.51. The highest BCUT2D eigenvalue weighted by atomic mass is 16.4. The summed E-state index contributed by atoms with van der Waals surface area (Å²) in [5.74, 6) is -1.52. The molecule has 5 nitrogen and oxygen atoms in total. The van der Waals surface area contributed by atoms with Crippen LogP contribution >= 0.6 is 0 Å². The number of benzene rings is 1. The van der Waals surface area contributed by atoms with E-state index in [2.05, 4.69) is 5.32 Å². The second-order valence-corrected chi connectivity index (χ2v) is 4.88. The first-order chi connectivity index (χ1) is 9.99. The monoisotopic (exact) mass is 287 g/mol. The summed E-state index contributed by atoms with van der Waals surface area (Å²) in [6.45, 7) is 4.54. The Hall–Kier alpha value is -2.56. The van der Waals surface area contributed by atoms with Gasteiger partial charge in [-0.2, -0.15) is 0 Å². The Bertz CT molecular complexity index is 652. The quantitative estimate of drug-likeness (QED) is 0.885. The van der Waals surface area contributed by atoms with Gasteiger partial charge in [-0.05, 0) is 37.0 Å². The fraction of sp³-hybridized carbons (Fsp3) is 0.250. The number of aryl methyl sites for hydroxylation is 2. The molecular weight excluding hydrogens is 270 g/mol. The van der Waals surface area contributed by atoms with Crippen LogP contribution in [0.1, 0.15) is 37.6 Å². The van der Waals surface area contributed by atoms with Crippen molar-refractivity contribution in [1.29, 1.82) is 0 Å². The lowest BCUT2D eigenvalue weighted by Gasteiger charge is -2.09. The summed E-state index contributed by atoms with van der Waals surface area (Å²) in [5, 5.41) is 11.5. The van der Waals surface area contributed by atoms with Crippen molar-refractivity contribution in [2.75, 3.05) is 6.54 Å². The summed E-state index contributed by atoms with van der Waals surface area (Å²) in [6, 6.07) is 7.30. The van der Waals surface area contributed by atoms with Gasteiger partial charge in [-0.15, -0.1) is 0 Å². The molecule has 2 aromatic rings. The number of carbonyl (C=O) groups is 2. The summed E-state index contributed by atoms with van der Waals surface area (Å²) in [6.07, 6.45) is 1.78. The molecule has 0 unspecified atom stereocenters. The Kier molecular flexibility index (Phi) is 4.42. The smallest absolute Gasteiger partial charge is 0.338 e. The average Bonchev–Trinajstić information content (AvgIpc) is 2.92. The molecule has 0 fully saturated rings. The van der Waals surface area contributed by atoms with Crippen LogP contribution in [-0.4, -0.2) is 23.5 Å². The molecule has 0 radical (unpaired) electrons. The molecule has 2 rings (SSSR count). The molecular formula is C16H17NO4. The zero-order valence-corrected chi connectivity index (χ0v) is 12.0. The molecule has 0 aliphatic carbocycles. The van der Waals surface area contributed by atoms with Gasteiger partial charge in [-0.25, -0.2) is 4.79 Å². The minimum absolute atomic E-state index is 0.00825. The molecule has 0 saturated heterocycles. The second-order valence-electron chi connectivity index (χ2n) is 4.88. The van der Waals surface area contributed by atoms with Crippen molar-refractivity contribution < 1.29 is 19.1 Å². The molecule has 1 amide bonds. The summed E-state index contributed by atoms with van der Waals surface area (Å²) < 4.78 is 4.95. The molecule has 21 heavy (non-hydrogen) atoms. The summed E-state index contributed by atoms with van der Waals surface area (Å²) in [4.78, 5) is 22.6. The van der Waals surface area contributed by atoms with Gasteiger partial charge in [-0.1, -0.05) is 18.2 Å². The maximum absolute atomic E-state index is 11.8. The number of furan rings is 1. The van der Waals surface area contributed by atoms with Crippen molar-refractivity contribution in [1.82, 2.24) is 5.32 Å². The van der Waals surface area contributed by atoms with Gasteiger partial charge in [0.2, 0.25) is 0 Å². The number of carboxylic acid groups (broad SMARTS) is 1. The highest BCUT2D eigenvalue weighted by Gasteiger charge is 2.14. The van der Waals surface area contributed by atoms with Crippen LogP contribution in [0.5, 0.6) is 0 Å². The molecule has 1 heterocycles. The number of rotatable bonds is 5. The lowest BCUT2D eigenvalue weighted by Crippen LogP contribution is -2.25. The van der Waals surface area contributed by atoms with Crippen molar-refractivity contribution in [3.63, 3.8) is 0 Å². The van der Waals surface area contributed by atoms with Crippen molar-refractivity contribution in [3.05, 3.63) is 58.5 Å². The van der Waals surface area contributed by atoms with E-state index >= 15 is 0 Å². The van der Waals surface area contributed by atoms with E-state index in [1.165, 1.54) is 22.8 Å². The first kappa shape index (κ1) is 14.8.